The van der Waals surface area contributed by atoms with Gasteiger partial charge >= 0.3 is 6.09 Å². The van der Waals surface area contributed by atoms with Crippen LogP contribution in [0.2, 0.25) is 18.1 Å². The molecule has 2 atom stereocenters. The molecular formula is C15H29NO4Si. The van der Waals surface area contributed by atoms with Crippen LogP contribution in [0.4, 0.5) is 4.79 Å². The number of rotatable bonds is 5. The van der Waals surface area contributed by atoms with E-state index in [1.54, 1.807) is 13.2 Å². The molecular weight excluding hydrogens is 286 g/mol. The van der Waals surface area contributed by atoms with Crippen molar-refractivity contribution in [3.63, 3.8) is 0 Å². The van der Waals surface area contributed by atoms with E-state index in [0.29, 0.717) is 19.5 Å². The highest BCUT2D eigenvalue weighted by molar-refractivity contribution is 6.74. The van der Waals surface area contributed by atoms with Crippen LogP contribution in [0, 0.1) is 0 Å². The Kier molecular flexibility index (Phi) is 5.29. The molecule has 1 heterocycles. The number of amides is 1. The molecule has 1 aliphatic rings. The van der Waals surface area contributed by atoms with Crippen LogP contribution >= 0.6 is 0 Å². The lowest BCUT2D eigenvalue weighted by Gasteiger charge is -2.42. The normalized spacial score (nSPS) is 27.0. The van der Waals surface area contributed by atoms with E-state index < -0.39 is 20.0 Å². The Hall–Kier alpha value is -0.853. The van der Waals surface area contributed by atoms with E-state index in [-0.39, 0.29) is 11.1 Å². The van der Waals surface area contributed by atoms with E-state index in [1.165, 1.54) is 4.90 Å². The van der Waals surface area contributed by atoms with Gasteiger partial charge in [0.15, 0.2) is 8.32 Å². The van der Waals surface area contributed by atoms with Crippen molar-refractivity contribution in [3.05, 3.63) is 12.7 Å². The van der Waals surface area contributed by atoms with E-state index in [0.717, 1.165) is 0 Å². The molecule has 6 heteroatoms. The topological polar surface area (TPSA) is 59.0 Å². The summed E-state index contributed by atoms with van der Waals surface area (Å²) in [5.74, 6) is 0. The van der Waals surface area contributed by atoms with Gasteiger partial charge in [0, 0.05) is 7.11 Å². The zero-order valence-electron chi connectivity index (χ0n) is 14.1. The molecule has 1 rings (SSSR count). The maximum Gasteiger partial charge on any atom is 0.407 e. The van der Waals surface area contributed by atoms with Crippen molar-refractivity contribution in [3.8, 4) is 0 Å². The summed E-state index contributed by atoms with van der Waals surface area (Å²) in [6.45, 7) is 15.3. The van der Waals surface area contributed by atoms with Crippen molar-refractivity contribution in [1.82, 2.24) is 4.90 Å². The Morgan fingerprint density at radius 1 is 1.52 bits per heavy atom. The summed E-state index contributed by atoms with van der Waals surface area (Å²) in [5.41, 5.74) is -0.629. The predicted octanol–water partition coefficient (Wildman–Crippen LogP) is 3.33. The molecule has 1 N–H and O–H groups in total. The van der Waals surface area contributed by atoms with Crippen molar-refractivity contribution in [2.24, 2.45) is 0 Å². The van der Waals surface area contributed by atoms with Crippen molar-refractivity contribution in [1.29, 1.82) is 0 Å². The molecule has 1 amide bonds. The summed E-state index contributed by atoms with van der Waals surface area (Å²) in [6, 6.07) is 0. The summed E-state index contributed by atoms with van der Waals surface area (Å²) in [4.78, 5) is 12.7. The summed E-state index contributed by atoms with van der Waals surface area (Å²) in [6.07, 6.45) is 1.17. The fourth-order valence-corrected chi connectivity index (χ4v) is 3.75. The van der Waals surface area contributed by atoms with Gasteiger partial charge in [0.2, 0.25) is 0 Å². The van der Waals surface area contributed by atoms with E-state index in [9.17, 15) is 9.90 Å². The second kappa shape index (κ2) is 6.10. The fourth-order valence-electron chi connectivity index (χ4n) is 2.40. The number of methoxy groups -OCH3 is 1. The summed E-state index contributed by atoms with van der Waals surface area (Å²) >= 11 is 0. The minimum atomic E-state index is -2.00. The molecule has 0 aromatic rings. The Morgan fingerprint density at radius 2 is 2.10 bits per heavy atom. The lowest BCUT2D eigenvalue weighted by molar-refractivity contribution is -0.0645. The van der Waals surface area contributed by atoms with Crippen molar-refractivity contribution < 1.29 is 19.1 Å². The van der Waals surface area contributed by atoms with Gasteiger partial charge in [0.25, 0.3) is 0 Å². The molecule has 0 aliphatic carbocycles. The third kappa shape index (κ3) is 3.67. The van der Waals surface area contributed by atoms with E-state index >= 15 is 0 Å². The average molecular weight is 315 g/mol. The van der Waals surface area contributed by atoms with Crippen molar-refractivity contribution in [2.75, 3.05) is 20.2 Å². The minimum Gasteiger partial charge on any atom is -0.465 e. The maximum absolute atomic E-state index is 11.3. The third-order valence-corrected chi connectivity index (χ3v) is 9.33. The van der Waals surface area contributed by atoms with Gasteiger partial charge in [-0.1, -0.05) is 26.8 Å². The number of ether oxygens (including phenoxy) is 1. The summed E-state index contributed by atoms with van der Waals surface area (Å²) in [5, 5.41) is 9.35. The third-order valence-electron chi connectivity index (χ3n) is 4.84. The zero-order valence-corrected chi connectivity index (χ0v) is 15.1. The Balaban J connectivity index is 3.05. The molecule has 1 aliphatic heterocycles. The highest BCUT2D eigenvalue weighted by atomic mass is 28.4. The molecule has 0 aromatic heterocycles. The Labute approximate surface area is 129 Å². The molecule has 0 unspecified atom stereocenters. The highest BCUT2D eigenvalue weighted by Crippen LogP contribution is 2.41. The van der Waals surface area contributed by atoms with Crippen LogP contribution in [0.3, 0.4) is 0 Å². The Morgan fingerprint density at radius 3 is 2.48 bits per heavy atom. The van der Waals surface area contributed by atoms with E-state index in [2.05, 4.69) is 40.4 Å². The van der Waals surface area contributed by atoms with Crippen LogP contribution < -0.4 is 0 Å². The highest BCUT2D eigenvalue weighted by Gasteiger charge is 2.52. The van der Waals surface area contributed by atoms with Crippen LogP contribution in [0.25, 0.3) is 0 Å². The number of hydrogen-bond acceptors (Lipinski definition) is 3. The first-order valence-electron chi connectivity index (χ1n) is 7.31. The molecule has 21 heavy (non-hydrogen) atoms. The second-order valence-corrected chi connectivity index (χ2v) is 12.0. The predicted molar refractivity (Wildman–Crippen MR) is 86.2 cm³/mol. The van der Waals surface area contributed by atoms with Gasteiger partial charge in [0.1, 0.15) is 5.60 Å². The van der Waals surface area contributed by atoms with Crippen molar-refractivity contribution >= 4 is 14.4 Å². The smallest absolute Gasteiger partial charge is 0.407 e. The number of hydrogen-bond donors (Lipinski definition) is 1. The molecule has 0 spiro atoms. The van der Waals surface area contributed by atoms with Gasteiger partial charge in [-0.3, -0.25) is 0 Å². The zero-order chi connectivity index (χ0) is 16.5. The van der Waals surface area contributed by atoms with Crippen LogP contribution in [-0.4, -0.2) is 56.3 Å². The number of carbonyl (C=O) groups is 1. The molecule has 1 fully saturated rings. The molecule has 122 valence electrons. The van der Waals surface area contributed by atoms with Gasteiger partial charge in [-0.05, 0) is 24.6 Å². The molecule has 0 radical (unpaired) electrons. The molecule has 0 bridgehead atoms. The second-order valence-electron chi connectivity index (χ2n) is 7.29. The first kappa shape index (κ1) is 18.2. The summed E-state index contributed by atoms with van der Waals surface area (Å²) in [7, 11) is -0.380. The average Bonchev–Trinajstić information content (AvgIpc) is 2.67. The first-order valence-corrected chi connectivity index (χ1v) is 10.2. The van der Waals surface area contributed by atoms with Gasteiger partial charge in [-0.25, -0.2) is 4.79 Å². The standard InChI is InChI=1S/C15H29NO4Si/c1-8-9-15(19-5)11-16(13(17)18)10-12(15)20-21(6,7)14(2,3)4/h8,12H,1,9-11H2,2-7H3,(H,17,18)/t12-,15+/m0/s1. The van der Waals surface area contributed by atoms with E-state index in [1.807, 2.05) is 0 Å². The molecule has 0 aromatic carbocycles. The molecule has 5 nitrogen and oxygen atoms in total. The minimum absolute atomic E-state index is 0.0668. The van der Waals surface area contributed by atoms with E-state index in [4.69, 9.17) is 9.16 Å². The lowest BCUT2D eigenvalue weighted by Crippen LogP contribution is -2.52. The van der Waals surface area contributed by atoms with Gasteiger partial charge in [-0.2, -0.15) is 0 Å². The van der Waals surface area contributed by atoms with Gasteiger partial charge in [-0.15, -0.1) is 6.58 Å². The Bertz CT molecular complexity index is 405. The van der Waals surface area contributed by atoms with Gasteiger partial charge in [0.05, 0.1) is 19.2 Å². The van der Waals surface area contributed by atoms with Crippen LogP contribution in [-0.2, 0) is 9.16 Å². The lowest BCUT2D eigenvalue weighted by atomic mass is 9.96. The largest absolute Gasteiger partial charge is 0.465 e. The quantitative estimate of drug-likeness (QED) is 0.624. The van der Waals surface area contributed by atoms with Crippen LogP contribution in [0.15, 0.2) is 12.7 Å². The number of likely N-dealkylation sites (tertiary alicyclic amines) is 1. The van der Waals surface area contributed by atoms with Crippen LogP contribution in [0.5, 0.6) is 0 Å². The van der Waals surface area contributed by atoms with Gasteiger partial charge < -0.3 is 19.2 Å². The molecule has 1 saturated heterocycles. The maximum atomic E-state index is 11.3. The number of nitrogens with zero attached hydrogens (tertiary/aromatic N) is 1. The number of carboxylic acid groups (broad SMARTS) is 1. The monoisotopic (exact) mass is 315 g/mol. The fraction of sp³-hybridized carbons (Fsp3) is 0.800. The summed E-state index contributed by atoms with van der Waals surface area (Å²) < 4.78 is 12.2. The molecule has 0 saturated carbocycles. The SMILES string of the molecule is C=CC[C@@]1(OC)CN(C(=O)O)C[C@@H]1O[Si](C)(C)C(C)(C)C. The van der Waals surface area contributed by atoms with Crippen LogP contribution in [0.1, 0.15) is 27.2 Å². The van der Waals surface area contributed by atoms with Crippen molar-refractivity contribution in [2.45, 2.75) is 57.0 Å². The first-order chi connectivity index (χ1) is 9.49.